The fourth-order valence-corrected chi connectivity index (χ4v) is 6.17. The van der Waals surface area contributed by atoms with Crippen molar-refractivity contribution in [1.29, 1.82) is 0 Å². The first-order valence-electron chi connectivity index (χ1n) is 5.67. The van der Waals surface area contributed by atoms with Gasteiger partial charge in [0.25, 0.3) is 0 Å². The average molecular weight is 263 g/mol. The average Bonchev–Trinajstić information content (AvgIpc) is 2.14. The third kappa shape index (κ3) is 1.23. The van der Waals surface area contributed by atoms with Crippen LogP contribution in [-0.2, 0) is 0 Å². The first-order valence-corrected chi connectivity index (χ1v) is 6.47. The summed E-state index contributed by atoms with van der Waals surface area (Å²) in [7, 11) is 0. The molecule has 0 aromatic rings. The Bertz CT molecular complexity index is 365. The van der Waals surface area contributed by atoms with Gasteiger partial charge in [-0.1, -0.05) is 27.8 Å². The third-order valence-corrected chi connectivity index (χ3v) is 5.50. The summed E-state index contributed by atoms with van der Waals surface area (Å²) in [5.41, 5.74) is 0.213. The maximum atomic E-state index is 5.76. The van der Waals surface area contributed by atoms with E-state index >= 15 is 0 Å². The second-order valence-electron chi connectivity index (χ2n) is 6.01. The number of halogens is 1. The number of alkyl halides is 1. The van der Waals surface area contributed by atoms with Gasteiger partial charge in [0.1, 0.15) is 0 Å². The van der Waals surface area contributed by atoms with Crippen LogP contribution in [0.15, 0.2) is 0 Å². The van der Waals surface area contributed by atoms with Crippen molar-refractivity contribution in [3.63, 3.8) is 0 Å². The normalized spacial score (nSPS) is 56.1. The molecule has 4 bridgehead atoms. The highest BCUT2D eigenvalue weighted by atomic mass is 79.9. The Morgan fingerprint density at radius 3 is 1.87 bits per heavy atom. The number of hydrogen-bond acceptors (Lipinski definition) is 0. The van der Waals surface area contributed by atoms with Gasteiger partial charge >= 0.3 is 0 Å². The minimum atomic E-state index is 0.106. The van der Waals surface area contributed by atoms with E-state index < -0.39 is 0 Å². The SMILES string of the molecule is C#CC12CC3CC(Br)(C1)CC(C#C)(C3)C2. The highest BCUT2D eigenvalue weighted by Gasteiger charge is 2.61. The van der Waals surface area contributed by atoms with E-state index in [1.54, 1.807) is 0 Å². The van der Waals surface area contributed by atoms with Crippen molar-refractivity contribution in [2.45, 2.75) is 42.8 Å². The molecule has 2 atom stereocenters. The summed E-state index contributed by atoms with van der Waals surface area (Å²) in [6, 6.07) is 0. The van der Waals surface area contributed by atoms with Crippen molar-refractivity contribution in [1.82, 2.24) is 0 Å². The van der Waals surface area contributed by atoms with Gasteiger partial charge in [-0.25, -0.2) is 0 Å². The molecule has 0 N–H and O–H groups in total. The molecule has 1 heteroatoms. The lowest BCUT2D eigenvalue weighted by Crippen LogP contribution is -2.56. The molecule has 4 fully saturated rings. The molecule has 0 nitrogen and oxygen atoms in total. The molecule has 0 saturated heterocycles. The smallest absolute Gasteiger partial charge is 0.0342 e. The third-order valence-electron chi connectivity index (χ3n) is 4.61. The molecule has 78 valence electrons. The van der Waals surface area contributed by atoms with Crippen LogP contribution in [-0.4, -0.2) is 4.32 Å². The van der Waals surface area contributed by atoms with E-state index in [0.29, 0.717) is 0 Å². The molecule has 4 rings (SSSR count). The Kier molecular flexibility index (Phi) is 1.72. The molecular weight excluding hydrogens is 248 g/mol. The second-order valence-corrected chi connectivity index (χ2v) is 7.69. The van der Waals surface area contributed by atoms with Gasteiger partial charge < -0.3 is 0 Å². The van der Waals surface area contributed by atoms with E-state index in [1.807, 2.05) is 0 Å². The van der Waals surface area contributed by atoms with Gasteiger partial charge in [0.2, 0.25) is 0 Å². The van der Waals surface area contributed by atoms with Gasteiger partial charge in [-0.05, 0) is 44.4 Å². The summed E-state index contributed by atoms with van der Waals surface area (Å²) in [6.07, 6.45) is 18.6. The number of terminal acetylenes is 2. The quantitative estimate of drug-likeness (QED) is 0.464. The van der Waals surface area contributed by atoms with Gasteiger partial charge in [-0.2, -0.15) is 0 Å². The molecule has 0 spiro atoms. The Labute approximate surface area is 100 Å². The van der Waals surface area contributed by atoms with E-state index in [1.165, 1.54) is 19.3 Å². The van der Waals surface area contributed by atoms with E-state index in [4.69, 9.17) is 12.8 Å². The summed E-state index contributed by atoms with van der Waals surface area (Å²) in [6.45, 7) is 0. The van der Waals surface area contributed by atoms with Crippen LogP contribution < -0.4 is 0 Å². The largest absolute Gasteiger partial charge is 0.120 e. The highest BCUT2D eigenvalue weighted by molar-refractivity contribution is 9.10. The fourth-order valence-electron chi connectivity index (χ4n) is 4.64. The second kappa shape index (κ2) is 2.64. The summed E-state index contributed by atoms with van der Waals surface area (Å²) < 4.78 is 0.255. The molecule has 4 saturated carbocycles. The molecule has 15 heavy (non-hydrogen) atoms. The van der Waals surface area contributed by atoms with Crippen molar-refractivity contribution < 1.29 is 0 Å². The molecule has 2 unspecified atom stereocenters. The Hall–Kier alpha value is -0.400. The van der Waals surface area contributed by atoms with Crippen LogP contribution in [0.5, 0.6) is 0 Å². The van der Waals surface area contributed by atoms with E-state index in [9.17, 15) is 0 Å². The van der Waals surface area contributed by atoms with Crippen molar-refractivity contribution >= 4 is 15.9 Å². The number of hydrogen-bond donors (Lipinski definition) is 0. The molecule has 0 aliphatic heterocycles. The fraction of sp³-hybridized carbons (Fsp3) is 0.714. The van der Waals surface area contributed by atoms with Crippen LogP contribution >= 0.6 is 15.9 Å². The Balaban J connectivity index is 2.09. The molecule has 0 aromatic heterocycles. The minimum absolute atomic E-state index is 0.106. The van der Waals surface area contributed by atoms with Crippen LogP contribution in [0, 0.1) is 41.4 Å². The molecule has 0 aromatic carbocycles. The topological polar surface area (TPSA) is 0 Å². The monoisotopic (exact) mass is 262 g/mol. The predicted octanol–water partition coefficient (Wildman–Crippen LogP) is 3.36. The summed E-state index contributed by atoms with van der Waals surface area (Å²) in [5.74, 6) is 6.89. The van der Waals surface area contributed by atoms with Crippen molar-refractivity contribution in [3.8, 4) is 24.7 Å². The molecule has 4 aliphatic rings. The van der Waals surface area contributed by atoms with E-state index in [2.05, 4.69) is 27.8 Å². The zero-order valence-corrected chi connectivity index (χ0v) is 10.4. The van der Waals surface area contributed by atoms with Crippen LogP contribution in [0.4, 0.5) is 0 Å². The van der Waals surface area contributed by atoms with Crippen LogP contribution in [0.3, 0.4) is 0 Å². The lowest BCUT2D eigenvalue weighted by atomic mass is 9.44. The molecule has 0 radical (unpaired) electrons. The maximum Gasteiger partial charge on any atom is 0.0342 e. The molecule has 0 heterocycles. The van der Waals surface area contributed by atoms with E-state index in [-0.39, 0.29) is 15.2 Å². The van der Waals surface area contributed by atoms with Crippen LogP contribution in [0.1, 0.15) is 38.5 Å². The standard InChI is InChI=1S/C14H15Br/c1-3-12-5-11-6-13(4-2,8-12)10-14(15,7-11)9-12/h1-2,11H,5-10H2. The highest BCUT2D eigenvalue weighted by Crippen LogP contribution is 2.68. The molecule has 0 amide bonds. The van der Waals surface area contributed by atoms with Crippen LogP contribution in [0.2, 0.25) is 0 Å². The van der Waals surface area contributed by atoms with Gasteiger partial charge in [0.05, 0.1) is 0 Å². The van der Waals surface area contributed by atoms with Crippen LogP contribution in [0.25, 0.3) is 0 Å². The summed E-state index contributed by atoms with van der Waals surface area (Å²) >= 11 is 3.92. The maximum absolute atomic E-state index is 5.76. The molecular formula is C14H15Br. The van der Waals surface area contributed by atoms with Gasteiger partial charge in [-0.3, -0.25) is 0 Å². The summed E-state index contributed by atoms with van der Waals surface area (Å²) in [4.78, 5) is 0. The first kappa shape index (κ1) is 9.80. The lowest BCUT2D eigenvalue weighted by molar-refractivity contribution is -0.0339. The van der Waals surface area contributed by atoms with Crippen molar-refractivity contribution in [2.24, 2.45) is 16.7 Å². The first-order chi connectivity index (χ1) is 7.03. The zero-order valence-electron chi connectivity index (χ0n) is 8.85. The van der Waals surface area contributed by atoms with Gasteiger partial charge in [0.15, 0.2) is 0 Å². The van der Waals surface area contributed by atoms with Crippen molar-refractivity contribution in [3.05, 3.63) is 0 Å². The summed E-state index contributed by atoms with van der Waals surface area (Å²) in [5, 5.41) is 0. The number of rotatable bonds is 0. The lowest BCUT2D eigenvalue weighted by Gasteiger charge is -2.62. The zero-order chi connectivity index (χ0) is 10.7. The van der Waals surface area contributed by atoms with Gasteiger partial charge in [0, 0.05) is 15.2 Å². The predicted molar refractivity (Wildman–Crippen MR) is 65.4 cm³/mol. The van der Waals surface area contributed by atoms with E-state index in [0.717, 1.165) is 25.2 Å². The Morgan fingerprint density at radius 2 is 1.47 bits per heavy atom. The molecule has 4 aliphatic carbocycles. The van der Waals surface area contributed by atoms with Gasteiger partial charge in [-0.15, -0.1) is 12.8 Å². The minimum Gasteiger partial charge on any atom is -0.120 e. The Morgan fingerprint density at radius 1 is 0.933 bits per heavy atom. The van der Waals surface area contributed by atoms with Crippen molar-refractivity contribution in [2.75, 3.05) is 0 Å².